The first-order valence-corrected chi connectivity index (χ1v) is 8.12. The van der Waals surface area contributed by atoms with E-state index in [-0.39, 0.29) is 5.91 Å². The van der Waals surface area contributed by atoms with E-state index >= 15 is 0 Å². The molecular formula is C9H9N3OSSn. The van der Waals surface area contributed by atoms with E-state index in [2.05, 4.69) is 15.3 Å². The number of hydrogen-bond acceptors (Lipinski definition) is 4. The van der Waals surface area contributed by atoms with Gasteiger partial charge in [0.1, 0.15) is 0 Å². The number of carbonyl (C=O) groups is 1. The van der Waals surface area contributed by atoms with Crippen molar-refractivity contribution in [3.8, 4) is 0 Å². The van der Waals surface area contributed by atoms with Gasteiger partial charge in [0.15, 0.2) is 0 Å². The SMILES string of the molecule is O=C(Nc1n[c]([SnH3])cs1)c1ccncc1. The Kier molecular flexibility index (Phi) is 3.32. The third-order valence-corrected chi connectivity index (χ3v) is 5.31. The van der Waals surface area contributed by atoms with Gasteiger partial charge in [-0.25, -0.2) is 0 Å². The number of nitrogens with one attached hydrogen (secondary N) is 1. The van der Waals surface area contributed by atoms with Crippen molar-refractivity contribution in [2.75, 3.05) is 5.32 Å². The molecule has 0 unspecified atom stereocenters. The molecule has 1 N–H and O–H groups in total. The maximum absolute atomic E-state index is 11.7. The summed E-state index contributed by atoms with van der Waals surface area (Å²) in [7, 11) is 0. The average molecular weight is 326 g/mol. The molecule has 76 valence electrons. The monoisotopic (exact) mass is 327 g/mol. The van der Waals surface area contributed by atoms with Gasteiger partial charge < -0.3 is 0 Å². The fraction of sp³-hybridized carbons (Fsp3) is 0. The Hall–Kier alpha value is -0.951. The minimum absolute atomic E-state index is 0.137. The van der Waals surface area contributed by atoms with Crippen molar-refractivity contribution in [1.29, 1.82) is 0 Å². The van der Waals surface area contributed by atoms with Gasteiger partial charge in [-0.05, 0) is 0 Å². The molecule has 2 heterocycles. The molecule has 2 aromatic rings. The van der Waals surface area contributed by atoms with Gasteiger partial charge >= 0.3 is 104 Å². The molecule has 0 saturated carbocycles. The molecule has 0 aromatic carbocycles. The van der Waals surface area contributed by atoms with Crippen LogP contribution in [0.5, 0.6) is 0 Å². The molecule has 1 amide bonds. The molecule has 0 aliphatic carbocycles. The summed E-state index contributed by atoms with van der Waals surface area (Å²) in [6.07, 6.45) is 3.19. The molecule has 0 spiro atoms. The molecular weight excluding hydrogens is 317 g/mol. The van der Waals surface area contributed by atoms with Crippen LogP contribution in [-0.4, -0.2) is 38.4 Å². The Balaban J connectivity index is 2.11. The van der Waals surface area contributed by atoms with E-state index < -0.39 is 0 Å². The van der Waals surface area contributed by atoms with Crippen LogP contribution >= 0.6 is 11.3 Å². The van der Waals surface area contributed by atoms with E-state index in [1.165, 1.54) is 11.3 Å². The molecule has 0 fully saturated rings. The van der Waals surface area contributed by atoms with Crippen molar-refractivity contribution in [2.45, 2.75) is 0 Å². The van der Waals surface area contributed by atoms with Crippen LogP contribution in [0, 0.1) is 0 Å². The summed E-state index contributed by atoms with van der Waals surface area (Å²) in [5.41, 5.74) is 0.598. The van der Waals surface area contributed by atoms with Crippen LogP contribution < -0.4 is 9.03 Å². The van der Waals surface area contributed by atoms with Gasteiger partial charge in [0.2, 0.25) is 0 Å². The van der Waals surface area contributed by atoms with E-state index in [1.54, 1.807) is 24.5 Å². The minimum atomic E-state index is -0.137. The van der Waals surface area contributed by atoms with Crippen LogP contribution in [0.4, 0.5) is 5.13 Å². The zero-order chi connectivity index (χ0) is 10.7. The van der Waals surface area contributed by atoms with E-state index in [0.717, 1.165) is 3.71 Å². The Bertz CT molecular complexity index is 471. The Labute approximate surface area is 104 Å². The molecule has 2 rings (SSSR count). The normalized spacial score (nSPS) is 10.1. The standard InChI is InChI=1S/C9H6N3OS.Sn.3H/c13-8(7-1-3-10-4-2-7)12-9-11-5-6-14-9;;;;/h1-4,6H,(H,11,12,13);;;;. The van der Waals surface area contributed by atoms with Crippen LogP contribution in [0.2, 0.25) is 0 Å². The summed E-state index contributed by atoms with van der Waals surface area (Å²) in [5, 5.41) is 5.41. The first-order chi connectivity index (χ1) is 7.25. The quantitative estimate of drug-likeness (QED) is 0.777. The van der Waals surface area contributed by atoms with Gasteiger partial charge in [0, 0.05) is 0 Å². The third-order valence-electron chi connectivity index (χ3n) is 1.78. The van der Waals surface area contributed by atoms with Gasteiger partial charge in [-0.3, -0.25) is 0 Å². The van der Waals surface area contributed by atoms with E-state index in [4.69, 9.17) is 0 Å². The Morgan fingerprint density at radius 2 is 2.13 bits per heavy atom. The molecule has 0 bridgehead atoms. The number of pyridine rings is 1. The van der Waals surface area contributed by atoms with Crippen molar-refractivity contribution >= 4 is 48.6 Å². The van der Waals surface area contributed by atoms with Crippen molar-refractivity contribution < 1.29 is 4.79 Å². The van der Waals surface area contributed by atoms with Gasteiger partial charge in [-0.2, -0.15) is 0 Å². The van der Waals surface area contributed by atoms with Crippen LogP contribution in [0.1, 0.15) is 10.4 Å². The molecule has 6 heteroatoms. The molecule has 0 atom stereocenters. The predicted octanol–water partition coefficient (Wildman–Crippen LogP) is -0.219. The molecule has 0 saturated heterocycles. The van der Waals surface area contributed by atoms with E-state index in [1.807, 2.05) is 5.38 Å². The first kappa shape index (κ1) is 10.6. The van der Waals surface area contributed by atoms with Crippen molar-refractivity contribution in [2.24, 2.45) is 0 Å². The van der Waals surface area contributed by atoms with Gasteiger partial charge in [0.25, 0.3) is 0 Å². The Morgan fingerprint density at radius 3 is 2.73 bits per heavy atom. The van der Waals surface area contributed by atoms with Crippen LogP contribution in [0.15, 0.2) is 29.9 Å². The summed E-state index contributed by atoms with van der Waals surface area (Å²) < 4.78 is 1.12. The van der Waals surface area contributed by atoms with Crippen LogP contribution in [-0.2, 0) is 0 Å². The molecule has 15 heavy (non-hydrogen) atoms. The maximum atomic E-state index is 11.7. The number of thiazole rings is 1. The summed E-state index contributed by atoms with van der Waals surface area (Å²) >= 11 is 1.87. The van der Waals surface area contributed by atoms with E-state index in [0.29, 0.717) is 33.2 Å². The first-order valence-electron chi connectivity index (χ1n) is 4.39. The number of rotatable bonds is 2. The number of carbonyl (C=O) groups excluding carboxylic acids is 1. The molecule has 0 aliphatic heterocycles. The van der Waals surface area contributed by atoms with Crippen molar-refractivity contribution in [3.05, 3.63) is 35.5 Å². The summed E-state index contributed by atoms with van der Waals surface area (Å²) in [4.78, 5) is 19.8. The fourth-order valence-electron chi connectivity index (χ4n) is 1.08. The zero-order valence-electron chi connectivity index (χ0n) is 8.10. The molecule has 2 aromatic heterocycles. The number of anilines is 1. The summed E-state index contributed by atoms with van der Waals surface area (Å²) in [6.45, 7) is 0. The predicted molar refractivity (Wildman–Crippen MR) is 63.9 cm³/mol. The van der Waals surface area contributed by atoms with Crippen molar-refractivity contribution in [1.82, 2.24) is 9.97 Å². The molecule has 4 nitrogen and oxygen atoms in total. The zero-order valence-corrected chi connectivity index (χ0v) is 14.6. The average Bonchev–Trinajstić information content (AvgIpc) is 2.65. The van der Waals surface area contributed by atoms with E-state index in [9.17, 15) is 4.79 Å². The van der Waals surface area contributed by atoms with Gasteiger partial charge in [-0.15, -0.1) is 0 Å². The van der Waals surface area contributed by atoms with Gasteiger partial charge in [0.05, 0.1) is 0 Å². The van der Waals surface area contributed by atoms with Crippen molar-refractivity contribution in [3.63, 3.8) is 0 Å². The second-order valence-corrected chi connectivity index (χ2v) is 6.77. The topological polar surface area (TPSA) is 54.9 Å². The second kappa shape index (κ2) is 4.71. The summed E-state index contributed by atoms with van der Waals surface area (Å²) in [6, 6.07) is 3.35. The number of aromatic nitrogens is 2. The number of hydrogen-bond donors (Lipinski definition) is 1. The third kappa shape index (κ3) is 2.75. The number of amides is 1. The molecule has 0 aliphatic rings. The second-order valence-electron chi connectivity index (χ2n) is 2.98. The van der Waals surface area contributed by atoms with Gasteiger partial charge in [-0.1, -0.05) is 0 Å². The van der Waals surface area contributed by atoms with Crippen LogP contribution in [0.25, 0.3) is 0 Å². The number of nitrogens with zero attached hydrogens (tertiary/aromatic N) is 2. The fourth-order valence-corrected chi connectivity index (χ4v) is 3.88. The van der Waals surface area contributed by atoms with Crippen LogP contribution in [0.3, 0.4) is 0 Å². The molecule has 0 radical (unpaired) electrons. The Morgan fingerprint density at radius 1 is 1.40 bits per heavy atom. The summed E-state index contributed by atoms with van der Waals surface area (Å²) in [5.74, 6) is -0.137.